The van der Waals surface area contributed by atoms with Crippen LogP contribution in [0.3, 0.4) is 0 Å². The molecule has 1 aromatic carbocycles. The molecule has 0 bridgehead atoms. The lowest BCUT2D eigenvalue weighted by Crippen LogP contribution is -2.43. The molecule has 0 aliphatic carbocycles. The fourth-order valence-electron chi connectivity index (χ4n) is 2.38. The molecule has 0 aromatic heterocycles. The van der Waals surface area contributed by atoms with Crippen LogP contribution in [0, 0.1) is 0 Å². The number of alkyl halides is 2. The van der Waals surface area contributed by atoms with Crippen molar-refractivity contribution < 1.29 is 26.7 Å². The number of nitrogens with one attached hydrogen (secondary N) is 2. The summed E-state index contributed by atoms with van der Waals surface area (Å²) < 4.78 is 57.1. The second-order valence-corrected chi connectivity index (χ2v) is 8.60. The van der Waals surface area contributed by atoms with E-state index in [0.29, 0.717) is 31.9 Å². The fraction of sp³-hybridized carbons (Fsp3) is 0.611. The molecule has 0 fully saturated rings. The Labute approximate surface area is 188 Å². The second-order valence-electron chi connectivity index (χ2n) is 6.34. The number of benzene rings is 1. The lowest BCUT2D eigenvalue weighted by molar-refractivity contribution is -0.0512. The fourth-order valence-corrected chi connectivity index (χ4v) is 3.16. The van der Waals surface area contributed by atoms with Crippen molar-refractivity contribution in [1.29, 1.82) is 0 Å². The van der Waals surface area contributed by atoms with E-state index in [4.69, 9.17) is 4.74 Å². The first kappa shape index (κ1) is 27.6. The largest absolute Gasteiger partial charge is 0.493 e. The lowest BCUT2D eigenvalue weighted by Gasteiger charge is -2.17. The highest BCUT2D eigenvalue weighted by Crippen LogP contribution is 2.29. The van der Waals surface area contributed by atoms with Gasteiger partial charge in [0.2, 0.25) is 0 Å². The van der Waals surface area contributed by atoms with Crippen molar-refractivity contribution in [2.24, 2.45) is 4.99 Å². The van der Waals surface area contributed by atoms with Crippen LogP contribution < -0.4 is 20.1 Å². The quantitative estimate of drug-likeness (QED) is 0.251. The van der Waals surface area contributed by atoms with E-state index in [1.807, 2.05) is 13.8 Å². The van der Waals surface area contributed by atoms with Crippen LogP contribution in [0.5, 0.6) is 11.5 Å². The van der Waals surface area contributed by atoms with Gasteiger partial charge < -0.3 is 20.1 Å². The molecule has 0 aliphatic rings. The highest BCUT2D eigenvalue weighted by atomic mass is 127. The van der Waals surface area contributed by atoms with E-state index in [1.165, 1.54) is 19.4 Å². The molecule has 0 amide bonds. The molecule has 2 N–H and O–H groups in total. The third kappa shape index (κ3) is 12.0. The minimum absolute atomic E-state index is 0. The topological polar surface area (TPSA) is 89.0 Å². The number of sulfone groups is 1. The molecule has 0 radical (unpaired) electrons. The Balaban J connectivity index is 0.00000784. The van der Waals surface area contributed by atoms with Crippen molar-refractivity contribution in [3.8, 4) is 11.5 Å². The first-order valence-corrected chi connectivity index (χ1v) is 11.0. The van der Waals surface area contributed by atoms with Crippen LogP contribution in [-0.2, 0) is 16.3 Å². The third-order valence-corrected chi connectivity index (χ3v) is 4.74. The van der Waals surface area contributed by atoms with Crippen LogP contribution in [0.25, 0.3) is 0 Å². The zero-order valence-corrected chi connectivity index (χ0v) is 20.2. The van der Waals surface area contributed by atoms with E-state index in [1.54, 1.807) is 12.1 Å². The third-order valence-electron chi connectivity index (χ3n) is 3.76. The van der Waals surface area contributed by atoms with E-state index in [-0.39, 0.29) is 47.3 Å². The van der Waals surface area contributed by atoms with Gasteiger partial charge in [-0.2, -0.15) is 8.78 Å². The van der Waals surface area contributed by atoms with Crippen molar-refractivity contribution in [1.82, 2.24) is 10.6 Å². The zero-order valence-electron chi connectivity index (χ0n) is 17.1. The Bertz CT molecular complexity index is 749. The van der Waals surface area contributed by atoms with Gasteiger partial charge in [-0.25, -0.2) is 8.42 Å². The highest BCUT2D eigenvalue weighted by Gasteiger charge is 2.12. The minimum atomic E-state index is -3.01. The molecule has 0 saturated heterocycles. The number of aliphatic imine (C=N–C) groups is 1. The van der Waals surface area contributed by atoms with Gasteiger partial charge in [0.25, 0.3) is 0 Å². The van der Waals surface area contributed by atoms with Gasteiger partial charge in [0, 0.05) is 25.4 Å². The summed E-state index contributed by atoms with van der Waals surface area (Å²) >= 11 is 0. The first-order chi connectivity index (χ1) is 13.1. The minimum Gasteiger partial charge on any atom is -0.493 e. The summed E-state index contributed by atoms with van der Waals surface area (Å²) in [6.45, 7) is 1.94. The SMILES string of the molecule is CCNC(=NCCc1ccc(OC)c(OC(F)F)c1)NC(C)CCS(C)(=O)=O.I. The van der Waals surface area contributed by atoms with Crippen LogP contribution in [0.2, 0.25) is 0 Å². The molecule has 0 heterocycles. The first-order valence-electron chi connectivity index (χ1n) is 8.99. The van der Waals surface area contributed by atoms with E-state index in [0.717, 1.165) is 5.56 Å². The average molecular weight is 549 g/mol. The van der Waals surface area contributed by atoms with E-state index in [2.05, 4.69) is 20.4 Å². The number of methoxy groups -OCH3 is 1. The van der Waals surface area contributed by atoms with Gasteiger partial charge in [0.1, 0.15) is 9.84 Å². The normalized spacial score (nSPS) is 12.9. The van der Waals surface area contributed by atoms with Crippen molar-refractivity contribution in [2.45, 2.75) is 39.3 Å². The molecule has 7 nitrogen and oxygen atoms in total. The van der Waals surface area contributed by atoms with Crippen LogP contribution in [0.15, 0.2) is 23.2 Å². The predicted octanol–water partition coefficient (Wildman–Crippen LogP) is 2.84. The van der Waals surface area contributed by atoms with Gasteiger partial charge in [0.15, 0.2) is 17.5 Å². The van der Waals surface area contributed by atoms with Gasteiger partial charge in [-0.3, -0.25) is 4.99 Å². The highest BCUT2D eigenvalue weighted by molar-refractivity contribution is 14.0. The van der Waals surface area contributed by atoms with E-state index in [9.17, 15) is 17.2 Å². The summed E-state index contributed by atoms with van der Waals surface area (Å²) in [5.41, 5.74) is 0.779. The summed E-state index contributed by atoms with van der Waals surface area (Å²) in [5, 5.41) is 6.26. The molecule has 1 aromatic rings. The van der Waals surface area contributed by atoms with E-state index >= 15 is 0 Å². The number of hydrogen-bond donors (Lipinski definition) is 2. The Morgan fingerprint density at radius 3 is 2.52 bits per heavy atom. The number of halogens is 3. The number of hydrogen-bond acceptors (Lipinski definition) is 5. The van der Waals surface area contributed by atoms with Gasteiger partial charge in [-0.1, -0.05) is 6.07 Å². The number of ether oxygens (including phenoxy) is 2. The summed E-state index contributed by atoms with van der Waals surface area (Å²) in [6.07, 6.45) is 2.19. The monoisotopic (exact) mass is 549 g/mol. The average Bonchev–Trinajstić information content (AvgIpc) is 2.59. The summed E-state index contributed by atoms with van der Waals surface area (Å²) in [7, 11) is -1.63. The molecule has 1 rings (SSSR count). The van der Waals surface area contributed by atoms with Crippen LogP contribution in [-0.4, -0.2) is 59.2 Å². The molecule has 1 unspecified atom stereocenters. The number of rotatable bonds is 11. The van der Waals surface area contributed by atoms with Crippen LogP contribution in [0.1, 0.15) is 25.8 Å². The smallest absolute Gasteiger partial charge is 0.387 e. The van der Waals surface area contributed by atoms with Crippen molar-refractivity contribution in [3.05, 3.63) is 23.8 Å². The van der Waals surface area contributed by atoms with Gasteiger partial charge in [-0.05, 0) is 44.4 Å². The van der Waals surface area contributed by atoms with Crippen LogP contribution in [0.4, 0.5) is 8.78 Å². The lowest BCUT2D eigenvalue weighted by atomic mass is 10.1. The number of guanidine groups is 1. The summed E-state index contributed by atoms with van der Waals surface area (Å²) in [4.78, 5) is 4.45. The molecule has 1 atom stereocenters. The van der Waals surface area contributed by atoms with Gasteiger partial charge in [0.05, 0.1) is 12.9 Å². The maximum absolute atomic E-state index is 12.5. The molecule has 11 heteroatoms. The van der Waals surface area contributed by atoms with Crippen LogP contribution >= 0.6 is 24.0 Å². The molecule has 29 heavy (non-hydrogen) atoms. The van der Waals surface area contributed by atoms with Gasteiger partial charge in [-0.15, -0.1) is 24.0 Å². The molecule has 0 saturated carbocycles. The predicted molar refractivity (Wildman–Crippen MR) is 122 cm³/mol. The Hall–Kier alpha value is -1.37. The summed E-state index contributed by atoms with van der Waals surface area (Å²) in [5.74, 6) is 0.890. The standard InChI is InChI=1S/C18H29F2N3O4S.HI/c1-5-21-18(23-13(2)9-11-28(4,24)25)22-10-8-14-6-7-15(26-3)16(12-14)27-17(19)20;/h6-7,12-13,17H,5,8-11H2,1-4H3,(H2,21,22,23);1H. The van der Waals surface area contributed by atoms with Crippen molar-refractivity contribution in [3.63, 3.8) is 0 Å². The molecule has 168 valence electrons. The maximum Gasteiger partial charge on any atom is 0.387 e. The Morgan fingerprint density at radius 2 is 1.97 bits per heavy atom. The van der Waals surface area contributed by atoms with Crippen molar-refractivity contribution >= 4 is 39.8 Å². The molecular weight excluding hydrogens is 519 g/mol. The Morgan fingerprint density at radius 1 is 1.28 bits per heavy atom. The molecule has 0 aliphatic heterocycles. The van der Waals surface area contributed by atoms with E-state index < -0.39 is 16.4 Å². The van der Waals surface area contributed by atoms with Crippen molar-refractivity contribution in [2.75, 3.05) is 32.2 Å². The molecule has 0 spiro atoms. The zero-order chi connectivity index (χ0) is 21.2. The van der Waals surface area contributed by atoms with Gasteiger partial charge >= 0.3 is 6.61 Å². The summed E-state index contributed by atoms with van der Waals surface area (Å²) in [6, 6.07) is 4.78. The molecular formula is C18H30F2IN3O4S. The Kier molecular flexibility index (Phi) is 13.1. The maximum atomic E-state index is 12.5. The second kappa shape index (κ2) is 13.8. The number of nitrogens with zero attached hydrogens (tertiary/aromatic N) is 1.